The number of carbonyl (C=O) groups is 1. The van der Waals surface area contributed by atoms with Gasteiger partial charge in [0.05, 0.1) is 11.6 Å². The lowest BCUT2D eigenvalue weighted by atomic mass is 10.2. The highest BCUT2D eigenvalue weighted by Crippen LogP contribution is 2.23. The molecule has 112 valence electrons. The number of carbonyl (C=O) groups excluding carboxylic acids is 1. The lowest BCUT2D eigenvalue weighted by Crippen LogP contribution is -2.38. The minimum atomic E-state index is -3.87. The summed E-state index contributed by atoms with van der Waals surface area (Å²) in [6.07, 6.45) is 0. The number of hydrogen-bond donors (Lipinski definition) is 3. The third kappa shape index (κ3) is 4.99. The van der Waals surface area contributed by atoms with Crippen molar-refractivity contribution in [1.29, 1.82) is 0 Å². The highest BCUT2D eigenvalue weighted by Gasteiger charge is 2.19. The Kier molecular flexibility index (Phi) is 5.79. The van der Waals surface area contributed by atoms with Gasteiger partial charge in [-0.3, -0.25) is 4.79 Å². The summed E-state index contributed by atoms with van der Waals surface area (Å²) in [5.41, 5.74) is 5.81. The van der Waals surface area contributed by atoms with E-state index in [0.29, 0.717) is 12.5 Å². The maximum Gasteiger partial charge on any atom is 0.242 e. The second kappa shape index (κ2) is 6.92. The lowest BCUT2D eigenvalue weighted by Gasteiger charge is -2.10. The van der Waals surface area contributed by atoms with Crippen LogP contribution in [-0.2, 0) is 14.8 Å². The largest absolute Gasteiger partial charge is 0.399 e. The van der Waals surface area contributed by atoms with Gasteiger partial charge in [0.25, 0.3) is 0 Å². The third-order valence-electron chi connectivity index (χ3n) is 2.38. The molecule has 8 heteroatoms. The van der Waals surface area contributed by atoms with Crippen molar-refractivity contribution in [2.24, 2.45) is 5.92 Å². The molecule has 1 aromatic rings. The van der Waals surface area contributed by atoms with Crippen molar-refractivity contribution in [2.45, 2.75) is 18.7 Å². The van der Waals surface area contributed by atoms with Crippen LogP contribution in [0.3, 0.4) is 0 Å². The van der Waals surface area contributed by atoms with E-state index in [1.165, 1.54) is 18.2 Å². The molecule has 1 rings (SSSR count). The average Bonchev–Trinajstić information content (AvgIpc) is 2.36. The Hall–Kier alpha value is -1.31. The molecule has 0 saturated carbocycles. The van der Waals surface area contributed by atoms with E-state index >= 15 is 0 Å². The van der Waals surface area contributed by atoms with Gasteiger partial charge in [-0.1, -0.05) is 25.4 Å². The first-order chi connectivity index (χ1) is 9.22. The molecule has 6 nitrogen and oxygen atoms in total. The fourth-order valence-electron chi connectivity index (χ4n) is 1.34. The van der Waals surface area contributed by atoms with Crippen molar-refractivity contribution in [3.8, 4) is 0 Å². The number of rotatable bonds is 6. The fraction of sp³-hybridized carbons (Fsp3) is 0.417. The molecule has 0 atom stereocenters. The van der Waals surface area contributed by atoms with E-state index in [1.807, 2.05) is 13.8 Å². The highest BCUT2D eigenvalue weighted by molar-refractivity contribution is 7.89. The molecule has 20 heavy (non-hydrogen) atoms. The highest BCUT2D eigenvalue weighted by atomic mass is 35.5. The molecule has 4 N–H and O–H groups in total. The molecule has 0 radical (unpaired) electrons. The van der Waals surface area contributed by atoms with Crippen LogP contribution < -0.4 is 15.8 Å². The Morgan fingerprint density at radius 3 is 2.65 bits per heavy atom. The molecule has 0 unspecified atom stereocenters. The van der Waals surface area contributed by atoms with Crippen LogP contribution in [0.2, 0.25) is 5.02 Å². The summed E-state index contributed by atoms with van der Waals surface area (Å²) in [6.45, 7) is 4.02. The predicted octanol–water partition coefficient (Wildman–Crippen LogP) is 0.973. The van der Waals surface area contributed by atoms with Crippen LogP contribution in [0.15, 0.2) is 23.1 Å². The zero-order valence-corrected chi connectivity index (χ0v) is 12.9. The molecule has 0 spiro atoms. The van der Waals surface area contributed by atoms with E-state index in [-0.39, 0.29) is 22.2 Å². The second-order valence-corrected chi connectivity index (χ2v) is 6.85. The van der Waals surface area contributed by atoms with Crippen LogP contribution in [0, 0.1) is 5.92 Å². The van der Waals surface area contributed by atoms with Crippen LogP contribution in [0.25, 0.3) is 0 Å². The van der Waals surface area contributed by atoms with Gasteiger partial charge in [-0.2, -0.15) is 0 Å². The van der Waals surface area contributed by atoms with Crippen LogP contribution in [-0.4, -0.2) is 27.4 Å². The van der Waals surface area contributed by atoms with Crippen molar-refractivity contribution >= 4 is 33.2 Å². The van der Waals surface area contributed by atoms with Crippen LogP contribution >= 0.6 is 11.6 Å². The number of nitrogens with one attached hydrogen (secondary N) is 2. The molecule has 0 fully saturated rings. The minimum Gasteiger partial charge on any atom is -0.399 e. The predicted molar refractivity (Wildman–Crippen MR) is 78.9 cm³/mol. The molecular weight excluding hydrogens is 302 g/mol. The number of amides is 1. The summed E-state index contributed by atoms with van der Waals surface area (Å²) in [6, 6.07) is 4.14. The Morgan fingerprint density at radius 1 is 1.40 bits per heavy atom. The molecule has 1 aromatic carbocycles. The van der Waals surface area contributed by atoms with Crippen LogP contribution in [0.4, 0.5) is 5.69 Å². The first-order valence-corrected chi connectivity index (χ1v) is 7.90. The topological polar surface area (TPSA) is 101 Å². The summed E-state index contributed by atoms with van der Waals surface area (Å²) in [5.74, 6) is -0.110. The van der Waals surface area contributed by atoms with Gasteiger partial charge in [-0.05, 0) is 24.1 Å². The first kappa shape index (κ1) is 16.7. The number of hydrogen-bond acceptors (Lipinski definition) is 4. The summed E-state index contributed by atoms with van der Waals surface area (Å²) in [4.78, 5) is 11.3. The summed E-state index contributed by atoms with van der Waals surface area (Å²) in [5, 5.41) is 2.66. The number of nitrogens with two attached hydrogens (primary N) is 1. The first-order valence-electron chi connectivity index (χ1n) is 6.04. The summed E-state index contributed by atoms with van der Waals surface area (Å²) in [7, 11) is -3.87. The van der Waals surface area contributed by atoms with Crippen molar-refractivity contribution in [1.82, 2.24) is 10.0 Å². The Labute approximate surface area is 123 Å². The van der Waals surface area contributed by atoms with E-state index in [0.717, 1.165) is 0 Å². The smallest absolute Gasteiger partial charge is 0.242 e. The van der Waals surface area contributed by atoms with E-state index in [2.05, 4.69) is 10.0 Å². The molecule has 0 aliphatic rings. The Morgan fingerprint density at radius 2 is 2.05 bits per heavy atom. The van der Waals surface area contributed by atoms with Crippen molar-refractivity contribution in [2.75, 3.05) is 18.8 Å². The van der Waals surface area contributed by atoms with Gasteiger partial charge in [-0.25, -0.2) is 13.1 Å². The lowest BCUT2D eigenvalue weighted by molar-refractivity contribution is -0.120. The fourth-order valence-corrected chi connectivity index (χ4v) is 2.86. The van der Waals surface area contributed by atoms with Crippen molar-refractivity contribution in [3.05, 3.63) is 23.2 Å². The zero-order valence-electron chi connectivity index (χ0n) is 11.3. The summed E-state index contributed by atoms with van der Waals surface area (Å²) < 4.78 is 26.2. The van der Waals surface area contributed by atoms with E-state index in [9.17, 15) is 13.2 Å². The van der Waals surface area contributed by atoms with Gasteiger partial charge in [0.15, 0.2) is 0 Å². The number of sulfonamides is 1. The van der Waals surface area contributed by atoms with Gasteiger partial charge in [0.1, 0.15) is 4.90 Å². The molecule has 0 bridgehead atoms. The molecule has 0 aliphatic carbocycles. The van der Waals surface area contributed by atoms with Gasteiger partial charge in [0.2, 0.25) is 15.9 Å². The van der Waals surface area contributed by atoms with Gasteiger partial charge in [0, 0.05) is 12.2 Å². The Balaban J connectivity index is 2.71. The molecule has 0 saturated heterocycles. The van der Waals surface area contributed by atoms with E-state index in [1.54, 1.807) is 0 Å². The number of anilines is 1. The summed E-state index contributed by atoms with van der Waals surface area (Å²) >= 11 is 5.82. The van der Waals surface area contributed by atoms with Crippen LogP contribution in [0.1, 0.15) is 13.8 Å². The minimum absolute atomic E-state index is 0.0503. The normalized spacial score (nSPS) is 11.6. The standard InChI is InChI=1S/C12H18ClN3O3S/c1-8(2)6-15-12(17)7-16-20(18,19)11-5-9(14)3-4-10(11)13/h3-5,8,16H,6-7,14H2,1-2H3,(H,15,17). The SMILES string of the molecule is CC(C)CNC(=O)CNS(=O)(=O)c1cc(N)ccc1Cl. The maximum absolute atomic E-state index is 12.0. The van der Waals surface area contributed by atoms with Crippen molar-refractivity contribution < 1.29 is 13.2 Å². The zero-order chi connectivity index (χ0) is 15.3. The number of nitrogen functional groups attached to an aromatic ring is 1. The monoisotopic (exact) mass is 319 g/mol. The van der Waals surface area contributed by atoms with Gasteiger partial charge < -0.3 is 11.1 Å². The third-order valence-corrected chi connectivity index (χ3v) is 4.26. The molecule has 0 heterocycles. The van der Waals surface area contributed by atoms with E-state index < -0.39 is 15.9 Å². The van der Waals surface area contributed by atoms with Crippen LogP contribution in [0.5, 0.6) is 0 Å². The Bertz CT molecular complexity index is 588. The van der Waals surface area contributed by atoms with E-state index in [4.69, 9.17) is 17.3 Å². The molecule has 1 amide bonds. The maximum atomic E-state index is 12.0. The number of benzene rings is 1. The molecule has 0 aromatic heterocycles. The molecular formula is C12H18ClN3O3S. The number of halogens is 1. The molecule has 0 aliphatic heterocycles. The average molecular weight is 320 g/mol. The second-order valence-electron chi connectivity index (χ2n) is 4.71. The van der Waals surface area contributed by atoms with Gasteiger partial charge in [-0.15, -0.1) is 0 Å². The quantitative estimate of drug-likeness (QED) is 0.680. The van der Waals surface area contributed by atoms with Gasteiger partial charge >= 0.3 is 0 Å². The van der Waals surface area contributed by atoms with Crippen molar-refractivity contribution in [3.63, 3.8) is 0 Å².